The molecule has 0 saturated carbocycles. The highest BCUT2D eigenvalue weighted by Crippen LogP contribution is 2.30. The molecule has 1 aliphatic rings. The summed E-state index contributed by atoms with van der Waals surface area (Å²) in [6.07, 6.45) is 4.38. The molecule has 0 aliphatic carbocycles. The summed E-state index contributed by atoms with van der Waals surface area (Å²) in [4.78, 5) is 26.3. The number of para-hydroxylation sites is 1. The summed E-state index contributed by atoms with van der Waals surface area (Å²) < 4.78 is 7.26. The van der Waals surface area contributed by atoms with Crippen LogP contribution in [-0.2, 0) is 16.0 Å². The Labute approximate surface area is 162 Å². The van der Waals surface area contributed by atoms with E-state index in [1.165, 1.54) is 4.90 Å². The van der Waals surface area contributed by atoms with Crippen LogP contribution < -0.4 is 0 Å². The van der Waals surface area contributed by atoms with Gasteiger partial charge >= 0.3 is 6.09 Å². The molecule has 2 aromatic carbocycles. The molecule has 4 rings (SSSR count). The number of aromatic nitrogens is 1. The van der Waals surface area contributed by atoms with Crippen LogP contribution in [0.25, 0.3) is 10.9 Å². The SMILES string of the molecule is CSn1cc(CCC(=O)N2C(=O)OCC2c2ccccc2)c2ccccc21. The summed E-state index contributed by atoms with van der Waals surface area (Å²) in [5.41, 5.74) is 3.16. The van der Waals surface area contributed by atoms with Gasteiger partial charge in [-0.25, -0.2) is 9.69 Å². The van der Waals surface area contributed by atoms with Crippen LogP contribution >= 0.6 is 11.9 Å². The van der Waals surface area contributed by atoms with E-state index in [1.54, 1.807) is 11.9 Å². The van der Waals surface area contributed by atoms with Gasteiger partial charge in [-0.15, -0.1) is 0 Å². The average molecular weight is 380 g/mol. The molecule has 0 spiro atoms. The van der Waals surface area contributed by atoms with Gasteiger partial charge in [0.15, 0.2) is 0 Å². The summed E-state index contributed by atoms with van der Waals surface area (Å²) in [6.45, 7) is 0.209. The highest BCUT2D eigenvalue weighted by atomic mass is 32.2. The number of hydrogen-bond donors (Lipinski definition) is 0. The van der Waals surface area contributed by atoms with E-state index in [2.05, 4.69) is 22.3 Å². The second kappa shape index (κ2) is 7.48. The first kappa shape index (κ1) is 17.7. The Morgan fingerprint density at radius 3 is 2.67 bits per heavy atom. The van der Waals surface area contributed by atoms with Crippen molar-refractivity contribution < 1.29 is 14.3 Å². The largest absolute Gasteiger partial charge is 0.446 e. The van der Waals surface area contributed by atoms with Crippen LogP contribution in [0.2, 0.25) is 0 Å². The Morgan fingerprint density at radius 2 is 1.89 bits per heavy atom. The number of aryl methyl sites for hydroxylation is 1. The lowest BCUT2D eigenvalue weighted by Crippen LogP contribution is -2.34. The smallest absolute Gasteiger partial charge is 0.417 e. The molecule has 0 N–H and O–H groups in total. The molecule has 2 amide bonds. The molecule has 1 unspecified atom stereocenters. The third kappa shape index (κ3) is 3.32. The Hall–Kier alpha value is -2.73. The predicted molar refractivity (Wildman–Crippen MR) is 107 cm³/mol. The van der Waals surface area contributed by atoms with Crippen molar-refractivity contribution in [3.63, 3.8) is 0 Å². The minimum Gasteiger partial charge on any atom is -0.446 e. The first-order valence-corrected chi connectivity index (χ1v) is 10.0. The molecule has 3 aromatic rings. The van der Waals surface area contributed by atoms with Crippen molar-refractivity contribution in [1.82, 2.24) is 8.87 Å². The summed E-state index contributed by atoms with van der Waals surface area (Å²) in [7, 11) is 0. The third-order valence-electron chi connectivity index (χ3n) is 4.89. The maximum Gasteiger partial charge on any atom is 0.417 e. The molecule has 27 heavy (non-hydrogen) atoms. The van der Waals surface area contributed by atoms with Crippen molar-refractivity contribution in [3.8, 4) is 0 Å². The Morgan fingerprint density at radius 1 is 1.15 bits per heavy atom. The Balaban J connectivity index is 1.53. The summed E-state index contributed by atoms with van der Waals surface area (Å²) in [5.74, 6) is -0.202. The summed E-state index contributed by atoms with van der Waals surface area (Å²) in [5, 5.41) is 1.14. The molecule has 138 valence electrons. The minimum atomic E-state index is -0.555. The van der Waals surface area contributed by atoms with Crippen LogP contribution in [0.1, 0.15) is 23.6 Å². The standard InChI is InChI=1S/C21H20N2O3S/c1-27-22-13-16(17-9-5-6-10-18(17)22)11-12-20(24)23-19(14-26-21(23)25)15-7-3-2-4-8-15/h2-10,13,19H,11-12,14H2,1H3. The molecule has 1 fully saturated rings. The zero-order valence-corrected chi connectivity index (χ0v) is 15.8. The lowest BCUT2D eigenvalue weighted by atomic mass is 10.1. The van der Waals surface area contributed by atoms with Gasteiger partial charge in [-0.2, -0.15) is 0 Å². The van der Waals surface area contributed by atoms with E-state index >= 15 is 0 Å². The maximum atomic E-state index is 12.8. The Bertz CT molecular complexity index is 984. The van der Waals surface area contributed by atoms with Crippen LogP contribution in [0, 0.1) is 0 Å². The number of imide groups is 1. The average Bonchev–Trinajstić information content (AvgIpc) is 3.27. The number of hydrogen-bond acceptors (Lipinski definition) is 4. The zero-order valence-electron chi connectivity index (χ0n) is 15.0. The van der Waals surface area contributed by atoms with Crippen molar-refractivity contribution in [1.29, 1.82) is 0 Å². The van der Waals surface area contributed by atoms with Crippen LogP contribution in [0.4, 0.5) is 4.79 Å². The fourth-order valence-electron chi connectivity index (χ4n) is 3.55. The van der Waals surface area contributed by atoms with E-state index in [-0.39, 0.29) is 25.0 Å². The number of carbonyl (C=O) groups is 2. The molecule has 5 nitrogen and oxygen atoms in total. The van der Waals surface area contributed by atoms with E-state index < -0.39 is 6.09 Å². The quantitative estimate of drug-likeness (QED) is 0.657. The molecule has 0 radical (unpaired) electrons. The van der Waals surface area contributed by atoms with E-state index in [1.807, 2.05) is 48.7 Å². The third-order valence-corrected chi connectivity index (χ3v) is 5.59. The molecule has 1 atom stereocenters. The number of nitrogens with zero attached hydrogens (tertiary/aromatic N) is 2. The molecular formula is C21H20N2O3S. The van der Waals surface area contributed by atoms with Crippen molar-refractivity contribution in [2.45, 2.75) is 18.9 Å². The molecule has 2 heterocycles. The van der Waals surface area contributed by atoms with Crippen molar-refractivity contribution in [2.75, 3.05) is 12.9 Å². The zero-order chi connectivity index (χ0) is 18.8. The van der Waals surface area contributed by atoms with Crippen LogP contribution in [-0.4, -0.2) is 33.7 Å². The van der Waals surface area contributed by atoms with Gasteiger partial charge < -0.3 is 4.74 Å². The highest BCUT2D eigenvalue weighted by Gasteiger charge is 2.38. The second-order valence-corrected chi connectivity index (χ2v) is 7.21. The number of cyclic esters (lactones) is 1. The summed E-state index contributed by atoms with van der Waals surface area (Å²) in [6, 6.07) is 17.3. The van der Waals surface area contributed by atoms with Gasteiger partial charge in [0.1, 0.15) is 12.6 Å². The lowest BCUT2D eigenvalue weighted by Gasteiger charge is -2.19. The van der Waals surface area contributed by atoms with Crippen LogP contribution in [0.3, 0.4) is 0 Å². The van der Waals surface area contributed by atoms with E-state index in [4.69, 9.17) is 4.74 Å². The number of carbonyl (C=O) groups excluding carboxylic acids is 2. The Kier molecular flexibility index (Phi) is 4.90. The monoisotopic (exact) mass is 380 g/mol. The first-order valence-electron chi connectivity index (χ1n) is 8.86. The maximum absolute atomic E-state index is 12.8. The van der Waals surface area contributed by atoms with Gasteiger partial charge in [-0.3, -0.25) is 8.77 Å². The van der Waals surface area contributed by atoms with Crippen molar-refractivity contribution >= 4 is 34.9 Å². The number of fused-ring (bicyclic) bond motifs is 1. The fraction of sp³-hybridized carbons (Fsp3) is 0.238. The molecule has 1 saturated heterocycles. The van der Waals surface area contributed by atoms with Crippen molar-refractivity contribution in [3.05, 3.63) is 71.9 Å². The molecular weight excluding hydrogens is 360 g/mol. The molecule has 1 aromatic heterocycles. The topological polar surface area (TPSA) is 51.5 Å². The minimum absolute atomic E-state index is 0.202. The van der Waals surface area contributed by atoms with E-state index in [9.17, 15) is 9.59 Å². The highest BCUT2D eigenvalue weighted by molar-refractivity contribution is 7.97. The van der Waals surface area contributed by atoms with Crippen LogP contribution in [0.5, 0.6) is 0 Å². The summed E-state index contributed by atoms with van der Waals surface area (Å²) >= 11 is 1.62. The lowest BCUT2D eigenvalue weighted by molar-refractivity contribution is -0.129. The number of amides is 2. The normalized spacial score (nSPS) is 16.7. The van der Waals surface area contributed by atoms with Gasteiger partial charge in [0.05, 0.1) is 5.52 Å². The van der Waals surface area contributed by atoms with E-state index in [0.717, 1.165) is 22.0 Å². The van der Waals surface area contributed by atoms with Crippen LogP contribution in [0.15, 0.2) is 60.8 Å². The first-order chi connectivity index (χ1) is 13.2. The van der Waals surface area contributed by atoms with Gasteiger partial charge in [-0.1, -0.05) is 48.5 Å². The molecule has 1 aliphatic heterocycles. The van der Waals surface area contributed by atoms with Gasteiger partial charge in [0.25, 0.3) is 0 Å². The number of ether oxygens (including phenoxy) is 1. The van der Waals surface area contributed by atoms with Crippen molar-refractivity contribution in [2.24, 2.45) is 0 Å². The predicted octanol–water partition coefficient (Wildman–Crippen LogP) is 4.42. The fourth-order valence-corrected chi connectivity index (χ4v) is 4.14. The van der Waals surface area contributed by atoms with Gasteiger partial charge in [-0.05, 0) is 35.6 Å². The number of benzene rings is 2. The molecule has 0 bridgehead atoms. The van der Waals surface area contributed by atoms with Gasteiger partial charge in [0, 0.05) is 24.3 Å². The number of rotatable bonds is 5. The molecule has 6 heteroatoms. The second-order valence-electron chi connectivity index (χ2n) is 6.45. The van der Waals surface area contributed by atoms with Gasteiger partial charge in [0.2, 0.25) is 5.91 Å². The van der Waals surface area contributed by atoms with E-state index in [0.29, 0.717) is 6.42 Å².